The van der Waals surface area contributed by atoms with Crippen molar-refractivity contribution in [2.45, 2.75) is 6.92 Å². The van der Waals surface area contributed by atoms with Crippen molar-refractivity contribution in [2.24, 2.45) is 0 Å². The first-order chi connectivity index (χ1) is 16.2. The molecule has 6 aromatic rings. The molecule has 0 spiro atoms. The Bertz CT molecular complexity index is 1310. The molecule has 0 N–H and O–H groups in total. The van der Waals surface area contributed by atoms with Gasteiger partial charge >= 0.3 is 98.9 Å². The maximum absolute atomic E-state index is 2.24. The van der Waals surface area contributed by atoms with Crippen LogP contribution in [0.4, 0.5) is 0 Å². The normalized spacial score (nSPS) is 10.2. The summed E-state index contributed by atoms with van der Waals surface area (Å²) in [5.41, 5.74) is 4.05. The van der Waals surface area contributed by atoms with Gasteiger partial charge in [-0.25, -0.2) is 11.6 Å². The van der Waals surface area contributed by atoms with Gasteiger partial charge < -0.3 is 0 Å². The molecule has 6 aromatic carbocycles. The van der Waals surface area contributed by atoms with Crippen molar-refractivity contribution in [1.29, 1.82) is 0 Å². The smallest absolute Gasteiger partial charge is 0.0771 e. The van der Waals surface area contributed by atoms with Crippen LogP contribution in [0.5, 0.6) is 0 Å². The largest absolute Gasteiger partial charge is 0.126 e. The molecule has 0 saturated carbocycles. The second-order valence-corrected chi connectivity index (χ2v) is 9.68. The van der Waals surface area contributed by atoms with Gasteiger partial charge in [0.25, 0.3) is 0 Å². The summed E-state index contributed by atoms with van der Waals surface area (Å²) in [6.07, 6.45) is 0. The molecule has 0 aliphatic rings. The number of hydrogen-bond donors (Lipinski definition) is 0. The van der Waals surface area contributed by atoms with E-state index in [-0.39, 0.29) is 0 Å². The molecular formula is C32H26Hf. The Hall–Kier alpha value is -3.16. The molecule has 0 nitrogen and oxygen atoms in total. The van der Waals surface area contributed by atoms with Crippen LogP contribution in [0.25, 0.3) is 21.5 Å². The van der Waals surface area contributed by atoms with Gasteiger partial charge in [0.1, 0.15) is 0 Å². The molecule has 0 amide bonds. The topological polar surface area (TPSA) is 0 Å². The fraction of sp³-hybridized carbons (Fsp3) is 0.0312. The summed E-state index contributed by atoms with van der Waals surface area (Å²) in [5.74, 6) is 0. The second-order valence-electron chi connectivity index (χ2n) is 7.89. The van der Waals surface area contributed by atoms with Gasteiger partial charge in [0.15, 0.2) is 0 Å². The second kappa shape index (κ2) is 11.6. The Morgan fingerprint density at radius 3 is 1.42 bits per heavy atom. The Labute approximate surface area is 210 Å². The van der Waals surface area contributed by atoms with E-state index in [9.17, 15) is 0 Å². The van der Waals surface area contributed by atoms with Crippen LogP contribution in [0.2, 0.25) is 0 Å². The average Bonchev–Trinajstić information content (AvgIpc) is 3.52. The predicted molar refractivity (Wildman–Crippen MR) is 140 cm³/mol. The molecular weight excluding hydrogens is 563 g/mol. The third-order valence-electron chi connectivity index (χ3n) is 5.48. The van der Waals surface area contributed by atoms with Gasteiger partial charge in [0, 0.05) is 0 Å². The van der Waals surface area contributed by atoms with Crippen LogP contribution < -0.4 is 0 Å². The van der Waals surface area contributed by atoms with Crippen LogP contribution in [0.15, 0.2) is 140 Å². The zero-order valence-corrected chi connectivity index (χ0v) is 22.4. The molecule has 0 aliphatic carbocycles. The standard InChI is InChI=1S/C13H9.C13H10.C6H7.Hf/c1-3-7-12-10(5-1)9-11-6-2-4-8-13(11)12;1-3-7-12(8-4-1)11-13-9-5-2-6-10-13;1-6-4-2-3-5-6;/h1-9H;1-10H;2-5H,1H3;/q-1;;-1;+2. The number of hydrogen-bond acceptors (Lipinski definition) is 0. The number of benzene rings is 4. The first-order valence-corrected chi connectivity index (χ1v) is 12.9. The molecule has 0 saturated heterocycles. The van der Waals surface area contributed by atoms with Crippen molar-refractivity contribution in [3.05, 3.63) is 156 Å². The van der Waals surface area contributed by atoms with Gasteiger partial charge in [0.05, 0.1) is 0 Å². The molecule has 1 heteroatoms. The summed E-state index contributed by atoms with van der Waals surface area (Å²) in [6, 6.07) is 48.7. The van der Waals surface area contributed by atoms with Gasteiger partial charge in [-0.2, -0.15) is 18.2 Å². The minimum Gasteiger partial charge on any atom is -0.126 e. The van der Waals surface area contributed by atoms with E-state index >= 15 is 0 Å². The molecule has 0 atom stereocenters. The summed E-state index contributed by atoms with van der Waals surface area (Å²) < 4.78 is 1.46. The van der Waals surface area contributed by atoms with Crippen LogP contribution >= 0.6 is 0 Å². The van der Waals surface area contributed by atoms with Crippen molar-refractivity contribution in [2.75, 3.05) is 0 Å². The Kier molecular flexibility index (Phi) is 8.11. The van der Waals surface area contributed by atoms with E-state index in [1.165, 1.54) is 41.5 Å². The summed E-state index contributed by atoms with van der Waals surface area (Å²) in [6.45, 7) is 2.08. The first kappa shape index (κ1) is 23.0. The Morgan fingerprint density at radius 1 is 0.576 bits per heavy atom. The van der Waals surface area contributed by atoms with E-state index < -0.39 is 0 Å². The molecule has 6 rings (SSSR count). The quantitative estimate of drug-likeness (QED) is 0.141. The van der Waals surface area contributed by atoms with Crippen molar-refractivity contribution < 1.29 is 23.9 Å². The van der Waals surface area contributed by atoms with E-state index in [0.717, 1.165) is 23.9 Å². The fourth-order valence-electron chi connectivity index (χ4n) is 3.75. The van der Waals surface area contributed by atoms with E-state index in [1.54, 1.807) is 0 Å². The molecule has 158 valence electrons. The molecule has 0 fully saturated rings. The van der Waals surface area contributed by atoms with E-state index in [0.29, 0.717) is 0 Å². The molecule has 0 aliphatic heterocycles. The van der Waals surface area contributed by atoms with Crippen LogP contribution in [0.3, 0.4) is 0 Å². The fourth-order valence-corrected chi connectivity index (χ4v) is 4.95. The maximum Gasteiger partial charge on any atom is -0.0771 e. The molecule has 0 radical (unpaired) electrons. The summed E-state index contributed by atoms with van der Waals surface area (Å²) in [4.78, 5) is 0. The summed E-state index contributed by atoms with van der Waals surface area (Å²) in [7, 11) is 0. The minimum absolute atomic E-state index is 1.08. The molecule has 0 heterocycles. The molecule has 0 unspecified atom stereocenters. The molecule has 0 aromatic heterocycles. The van der Waals surface area contributed by atoms with Crippen molar-refractivity contribution >= 4 is 24.8 Å². The van der Waals surface area contributed by atoms with Crippen LogP contribution in [-0.2, 0) is 23.9 Å². The van der Waals surface area contributed by atoms with Crippen molar-refractivity contribution in [3.8, 4) is 0 Å². The van der Waals surface area contributed by atoms with Crippen LogP contribution in [0.1, 0.15) is 16.7 Å². The average molecular weight is 589 g/mol. The Morgan fingerprint density at radius 2 is 1.03 bits per heavy atom. The van der Waals surface area contributed by atoms with Gasteiger partial charge in [-0.1, -0.05) is 43.3 Å². The number of fused-ring (bicyclic) bond motifs is 3. The van der Waals surface area contributed by atoms with E-state index in [4.69, 9.17) is 0 Å². The van der Waals surface area contributed by atoms with E-state index in [2.05, 4.69) is 134 Å². The van der Waals surface area contributed by atoms with Crippen LogP contribution in [-0.4, -0.2) is 3.26 Å². The zero-order valence-electron chi connectivity index (χ0n) is 18.8. The van der Waals surface area contributed by atoms with Crippen molar-refractivity contribution in [3.63, 3.8) is 0 Å². The van der Waals surface area contributed by atoms with Gasteiger partial charge in [-0.05, 0) is 0 Å². The summed E-state index contributed by atoms with van der Waals surface area (Å²) in [5, 5.41) is 5.39. The van der Waals surface area contributed by atoms with E-state index in [1.807, 2.05) is 12.1 Å². The van der Waals surface area contributed by atoms with Gasteiger partial charge in [-0.3, -0.25) is 0 Å². The monoisotopic (exact) mass is 590 g/mol. The first-order valence-electron chi connectivity index (χ1n) is 11.1. The number of rotatable bonds is 2. The molecule has 33 heavy (non-hydrogen) atoms. The van der Waals surface area contributed by atoms with Crippen LogP contribution in [0, 0.1) is 6.92 Å². The van der Waals surface area contributed by atoms with Crippen molar-refractivity contribution in [1.82, 2.24) is 0 Å². The number of aryl methyl sites for hydroxylation is 1. The maximum atomic E-state index is 2.24. The Balaban J connectivity index is 0.000000127. The van der Waals surface area contributed by atoms with Gasteiger partial charge in [-0.15, -0.1) is 39.7 Å². The SMILES string of the molecule is Cc1cc[cH-]c1.[Hf+2]=[C](c1ccccc1)c1ccccc1.c1ccc2c(c1)[cH-]c1ccccc12. The third kappa shape index (κ3) is 6.21. The summed E-state index contributed by atoms with van der Waals surface area (Å²) >= 11 is 1.08. The zero-order chi connectivity index (χ0) is 22.9. The minimum atomic E-state index is 1.08. The molecule has 0 bridgehead atoms. The predicted octanol–water partition coefficient (Wildman–Crippen LogP) is 8.23. The third-order valence-corrected chi connectivity index (χ3v) is 7.55. The van der Waals surface area contributed by atoms with Gasteiger partial charge in [0.2, 0.25) is 0 Å².